The van der Waals surface area contributed by atoms with Crippen LogP contribution in [0.4, 0.5) is 4.39 Å². The van der Waals surface area contributed by atoms with Crippen LogP contribution in [0.2, 0.25) is 0 Å². The molecule has 7 heteroatoms. The zero-order chi connectivity index (χ0) is 18.0. The molecule has 25 heavy (non-hydrogen) atoms. The van der Waals surface area contributed by atoms with Crippen molar-refractivity contribution < 1.29 is 18.7 Å². The van der Waals surface area contributed by atoms with Crippen LogP contribution < -0.4 is 14.3 Å². The molecular formula is C18H17FN2O3S. The van der Waals surface area contributed by atoms with Crippen LogP contribution in [-0.4, -0.2) is 24.7 Å². The molecule has 1 amide bonds. The third-order valence-corrected chi connectivity index (χ3v) is 4.81. The van der Waals surface area contributed by atoms with E-state index in [4.69, 9.17) is 9.47 Å². The number of halogens is 1. The minimum absolute atomic E-state index is 0.218. The van der Waals surface area contributed by atoms with Crippen LogP contribution in [0.15, 0.2) is 41.4 Å². The number of nitrogens with zero attached hydrogens (tertiary/aromatic N) is 2. The Labute approximate surface area is 148 Å². The molecule has 0 saturated heterocycles. The van der Waals surface area contributed by atoms with E-state index in [1.165, 1.54) is 29.5 Å². The number of carbonyl (C=O) groups is 1. The SMILES string of the molecule is CCn1c(=NC(=O)c2cccc(F)c2)sc2cc(OC)c(OC)cc21. The van der Waals surface area contributed by atoms with Gasteiger partial charge in [0.2, 0.25) is 0 Å². The highest BCUT2D eigenvalue weighted by Gasteiger charge is 2.13. The van der Waals surface area contributed by atoms with Gasteiger partial charge in [-0.1, -0.05) is 17.4 Å². The predicted molar refractivity (Wildman–Crippen MR) is 94.9 cm³/mol. The fourth-order valence-electron chi connectivity index (χ4n) is 2.56. The summed E-state index contributed by atoms with van der Waals surface area (Å²) in [6, 6.07) is 9.23. The molecule has 2 aromatic carbocycles. The summed E-state index contributed by atoms with van der Waals surface area (Å²) in [4.78, 5) is 17.1. The molecule has 1 aromatic heterocycles. The summed E-state index contributed by atoms with van der Waals surface area (Å²) in [5.41, 5.74) is 1.12. The summed E-state index contributed by atoms with van der Waals surface area (Å²) in [5, 5.41) is 0. The number of hydrogen-bond acceptors (Lipinski definition) is 4. The van der Waals surface area contributed by atoms with E-state index < -0.39 is 11.7 Å². The van der Waals surface area contributed by atoms with Crippen molar-refractivity contribution in [2.24, 2.45) is 4.99 Å². The molecule has 0 bridgehead atoms. The van der Waals surface area contributed by atoms with Gasteiger partial charge >= 0.3 is 0 Å². The monoisotopic (exact) mass is 360 g/mol. The van der Waals surface area contributed by atoms with Crippen molar-refractivity contribution in [3.63, 3.8) is 0 Å². The summed E-state index contributed by atoms with van der Waals surface area (Å²) in [6.07, 6.45) is 0. The highest BCUT2D eigenvalue weighted by Crippen LogP contribution is 2.33. The van der Waals surface area contributed by atoms with E-state index in [1.54, 1.807) is 20.3 Å². The molecule has 0 radical (unpaired) electrons. The van der Waals surface area contributed by atoms with E-state index in [0.29, 0.717) is 22.8 Å². The Bertz CT molecular complexity index is 1010. The van der Waals surface area contributed by atoms with Crippen LogP contribution in [0.5, 0.6) is 11.5 Å². The number of aromatic nitrogens is 1. The van der Waals surface area contributed by atoms with E-state index in [-0.39, 0.29) is 5.56 Å². The average Bonchev–Trinajstić information content (AvgIpc) is 2.96. The maximum atomic E-state index is 13.3. The molecular weight excluding hydrogens is 343 g/mol. The van der Waals surface area contributed by atoms with Gasteiger partial charge in [0.05, 0.1) is 24.4 Å². The first-order valence-corrected chi connectivity index (χ1v) is 8.49. The second-order valence-corrected chi connectivity index (χ2v) is 6.24. The fourth-order valence-corrected chi connectivity index (χ4v) is 3.66. The molecule has 0 atom stereocenters. The van der Waals surface area contributed by atoms with E-state index in [1.807, 2.05) is 23.6 Å². The maximum Gasteiger partial charge on any atom is 0.279 e. The van der Waals surface area contributed by atoms with Crippen LogP contribution in [0, 0.1) is 5.82 Å². The van der Waals surface area contributed by atoms with Crippen molar-refractivity contribution in [3.8, 4) is 11.5 Å². The smallest absolute Gasteiger partial charge is 0.279 e. The third-order valence-electron chi connectivity index (χ3n) is 3.77. The summed E-state index contributed by atoms with van der Waals surface area (Å²) >= 11 is 1.37. The lowest BCUT2D eigenvalue weighted by molar-refractivity contribution is 0.0997. The van der Waals surface area contributed by atoms with Crippen LogP contribution in [0.25, 0.3) is 10.2 Å². The van der Waals surface area contributed by atoms with Crippen LogP contribution >= 0.6 is 11.3 Å². The summed E-state index contributed by atoms with van der Waals surface area (Å²) < 4.78 is 26.8. The molecule has 0 spiro atoms. The first-order valence-electron chi connectivity index (χ1n) is 7.67. The Morgan fingerprint density at radius 3 is 2.56 bits per heavy atom. The third kappa shape index (κ3) is 3.28. The molecule has 1 heterocycles. The summed E-state index contributed by atoms with van der Waals surface area (Å²) in [6.45, 7) is 2.60. The number of fused-ring (bicyclic) bond motifs is 1. The minimum atomic E-state index is -0.479. The van der Waals surface area contributed by atoms with Crippen molar-refractivity contribution in [2.75, 3.05) is 14.2 Å². The molecule has 0 aliphatic heterocycles. The molecule has 5 nitrogen and oxygen atoms in total. The van der Waals surface area contributed by atoms with Crippen molar-refractivity contribution in [1.82, 2.24) is 4.57 Å². The molecule has 130 valence electrons. The Morgan fingerprint density at radius 2 is 1.92 bits per heavy atom. The van der Waals surface area contributed by atoms with E-state index in [2.05, 4.69) is 4.99 Å². The standard InChI is InChI=1S/C18H17FN2O3S/c1-4-21-13-9-14(23-2)15(24-3)10-16(13)25-18(21)20-17(22)11-6-5-7-12(19)8-11/h5-10H,4H2,1-3H3. The molecule has 0 aliphatic carbocycles. The Morgan fingerprint density at radius 1 is 1.20 bits per heavy atom. The lowest BCUT2D eigenvalue weighted by atomic mass is 10.2. The van der Waals surface area contributed by atoms with Crippen molar-refractivity contribution in [1.29, 1.82) is 0 Å². The molecule has 0 saturated carbocycles. The molecule has 0 fully saturated rings. The first kappa shape index (κ1) is 17.2. The van der Waals surface area contributed by atoms with E-state index in [0.717, 1.165) is 10.2 Å². The fraction of sp³-hybridized carbons (Fsp3) is 0.222. The van der Waals surface area contributed by atoms with Crippen LogP contribution in [0.1, 0.15) is 17.3 Å². The van der Waals surface area contributed by atoms with Gasteiger partial charge in [0.1, 0.15) is 5.82 Å². The highest BCUT2D eigenvalue weighted by molar-refractivity contribution is 7.16. The lowest BCUT2D eigenvalue weighted by Gasteiger charge is -2.08. The highest BCUT2D eigenvalue weighted by atomic mass is 32.1. The maximum absolute atomic E-state index is 13.3. The number of thiazole rings is 1. The van der Waals surface area contributed by atoms with Gasteiger partial charge in [0.25, 0.3) is 5.91 Å². The predicted octanol–water partition coefficient (Wildman–Crippen LogP) is 3.62. The van der Waals surface area contributed by atoms with Crippen LogP contribution in [-0.2, 0) is 6.54 Å². The van der Waals surface area contributed by atoms with Gasteiger partial charge in [-0.25, -0.2) is 4.39 Å². The van der Waals surface area contributed by atoms with E-state index >= 15 is 0 Å². The average molecular weight is 360 g/mol. The largest absolute Gasteiger partial charge is 0.493 e. The molecule has 0 N–H and O–H groups in total. The van der Waals surface area contributed by atoms with Gasteiger partial charge in [0, 0.05) is 24.2 Å². The molecule has 3 aromatic rings. The number of benzene rings is 2. The normalized spacial score (nSPS) is 11.8. The minimum Gasteiger partial charge on any atom is -0.493 e. The zero-order valence-corrected chi connectivity index (χ0v) is 14.9. The quantitative estimate of drug-likeness (QED) is 0.714. The number of amides is 1. The van der Waals surface area contributed by atoms with Gasteiger partial charge in [-0.15, -0.1) is 0 Å². The second kappa shape index (κ2) is 7.06. The van der Waals surface area contributed by atoms with Gasteiger partial charge in [0.15, 0.2) is 16.3 Å². The van der Waals surface area contributed by atoms with Gasteiger partial charge in [-0.3, -0.25) is 4.79 Å². The van der Waals surface area contributed by atoms with Crippen molar-refractivity contribution >= 4 is 27.5 Å². The number of ether oxygens (including phenoxy) is 2. The summed E-state index contributed by atoms with van der Waals surface area (Å²) in [5.74, 6) is 0.280. The molecule has 3 rings (SSSR count). The van der Waals surface area contributed by atoms with Crippen molar-refractivity contribution in [3.05, 3.63) is 52.6 Å². The Hall–Kier alpha value is -2.67. The molecule has 0 unspecified atom stereocenters. The number of carbonyl (C=O) groups excluding carboxylic acids is 1. The molecule has 0 aliphatic rings. The summed E-state index contributed by atoms with van der Waals surface area (Å²) in [7, 11) is 3.15. The lowest BCUT2D eigenvalue weighted by Crippen LogP contribution is -2.16. The zero-order valence-electron chi connectivity index (χ0n) is 14.1. The van der Waals surface area contributed by atoms with Crippen LogP contribution in [0.3, 0.4) is 0 Å². The number of hydrogen-bond donors (Lipinski definition) is 0. The Kier molecular flexibility index (Phi) is 4.85. The second-order valence-electron chi connectivity index (χ2n) is 5.23. The van der Waals surface area contributed by atoms with E-state index in [9.17, 15) is 9.18 Å². The van der Waals surface area contributed by atoms with Gasteiger partial charge < -0.3 is 14.0 Å². The number of rotatable bonds is 4. The van der Waals surface area contributed by atoms with Crippen molar-refractivity contribution in [2.45, 2.75) is 13.5 Å². The number of methoxy groups -OCH3 is 2. The van der Waals surface area contributed by atoms with Gasteiger partial charge in [-0.05, 0) is 25.1 Å². The topological polar surface area (TPSA) is 52.8 Å². The Balaban J connectivity index is 2.17. The van der Waals surface area contributed by atoms with Gasteiger partial charge in [-0.2, -0.15) is 4.99 Å². The first-order chi connectivity index (χ1) is 12.1. The number of aryl methyl sites for hydroxylation is 1.